The largest absolute Gasteiger partial charge is 0.492 e. The van der Waals surface area contributed by atoms with Gasteiger partial charge in [-0.3, -0.25) is 28.9 Å². The van der Waals surface area contributed by atoms with Crippen LogP contribution in [0.3, 0.4) is 0 Å². The Balaban J connectivity index is 1.25. The highest BCUT2D eigenvalue weighted by Gasteiger charge is 2.52. The summed E-state index contributed by atoms with van der Waals surface area (Å²) < 4.78 is 11.5. The molecule has 2 aromatic carbocycles. The number of hydrogen-bond donors (Lipinski definition) is 5. The van der Waals surface area contributed by atoms with Crippen LogP contribution in [0.1, 0.15) is 63.0 Å². The summed E-state index contributed by atoms with van der Waals surface area (Å²) in [5.41, 5.74) is -0.178. The maximum absolute atomic E-state index is 14.3. The van der Waals surface area contributed by atoms with Gasteiger partial charge in [0.1, 0.15) is 41.6 Å². The molecule has 5 amide bonds. The van der Waals surface area contributed by atoms with Crippen LogP contribution in [0.25, 0.3) is 0 Å². The van der Waals surface area contributed by atoms with Gasteiger partial charge < -0.3 is 36.1 Å². The van der Waals surface area contributed by atoms with E-state index in [-0.39, 0.29) is 37.8 Å². The highest BCUT2D eigenvalue weighted by atomic mass is 16.5. The second-order valence-corrected chi connectivity index (χ2v) is 14.2. The van der Waals surface area contributed by atoms with Crippen LogP contribution in [0.2, 0.25) is 0 Å². The lowest BCUT2D eigenvalue weighted by Crippen LogP contribution is -2.65. The van der Waals surface area contributed by atoms with Crippen molar-refractivity contribution in [2.24, 2.45) is 0 Å². The highest BCUT2D eigenvalue weighted by Crippen LogP contribution is 2.36. The number of carbonyl (C=O) groups excluding carboxylic acids is 5. The van der Waals surface area contributed by atoms with Gasteiger partial charge >= 0.3 is 0 Å². The summed E-state index contributed by atoms with van der Waals surface area (Å²) in [6, 6.07) is 13.5. The van der Waals surface area contributed by atoms with Gasteiger partial charge in [-0.1, -0.05) is 61.7 Å². The average molecular weight is 703 g/mol. The zero-order valence-corrected chi connectivity index (χ0v) is 29.3. The molecule has 0 aromatic heterocycles. The predicted molar refractivity (Wildman–Crippen MR) is 189 cm³/mol. The van der Waals surface area contributed by atoms with Gasteiger partial charge in [0.2, 0.25) is 29.5 Å². The van der Waals surface area contributed by atoms with Gasteiger partial charge in [-0.2, -0.15) is 0 Å². The maximum Gasteiger partial charge on any atom is 0.245 e. The fraction of sp³-hybridized carbons (Fsp3) is 0.553. The molecule has 1 spiro atoms. The van der Waals surface area contributed by atoms with Crippen LogP contribution >= 0.6 is 0 Å². The lowest BCUT2D eigenvalue weighted by molar-refractivity contribution is -0.143. The van der Waals surface area contributed by atoms with Gasteiger partial charge in [-0.25, -0.2) is 0 Å². The third-order valence-corrected chi connectivity index (χ3v) is 10.6. The Labute approximate surface area is 298 Å². The van der Waals surface area contributed by atoms with E-state index in [1.54, 1.807) is 19.1 Å². The third-order valence-electron chi connectivity index (χ3n) is 10.6. The molecule has 2 saturated carbocycles. The van der Waals surface area contributed by atoms with Crippen LogP contribution in [-0.2, 0) is 41.6 Å². The van der Waals surface area contributed by atoms with Crippen LogP contribution in [0.4, 0.5) is 0 Å². The van der Waals surface area contributed by atoms with E-state index in [1.807, 2.05) is 42.5 Å². The fourth-order valence-electron chi connectivity index (χ4n) is 7.37. The Morgan fingerprint density at radius 3 is 2.24 bits per heavy atom. The monoisotopic (exact) mass is 702 g/mol. The molecular weight excluding hydrogens is 652 g/mol. The van der Waals surface area contributed by atoms with E-state index in [2.05, 4.69) is 31.5 Å². The first-order valence-electron chi connectivity index (χ1n) is 18.3. The Bertz CT molecular complexity index is 1550. The van der Waals surface area contributed by atoms with Crippen molar-refractivity contribution in [2.75, 3.05) is 39.5 Å². The number of fused-ring (bicyclic) bond motifs is 15. The number of rotatable bonds is 5. The van der Waals surface area contributed by atoms with Gasteiger partial charge in [-0.15, -0.1) is 0 Å². The number of morpholine rings is 1. The van der Waals surface area contributed by atoms with E-state index in [1.165, 1.54) is 0 Å². The standard InChI is InChI=1S/C38H50N6O7/c1-26-32(45)41-31(24-27-8-4-2-5-9-27)34(47)43-37(16-17-37)35(48)39-18-21-51-29-12-10-28(11-13-29)25-30(33(46)40-26)42-36(49)38(14-6-3-7-15-38)44-19-22-50-23-20-44/h2,4-5,8-13,26,30-31H,3,6-7,14-25H2,1H3,(H,39,48)(H,40,46)(H,41,45)(H,42,49)(H,43,47)/t26-,30-,31+/m0/s1. The molecule has 3 aliphatic heterocycles. The summed E-state index contributed by atoms with van der Waals surface area (Å²) in [7, 11) is 0. The molecule has 2 aliphatic carbocycles. The predicted octanol–water partition coefficient (Wildman–Crippen LogP) is 1.14. The van der Waals surface area contributed by atoms with E-state index < -0.39 is 46.9 Å². The molecule has 13 nitrogen and oxygen atoms in total. The molecule has 0 unspecified atom stereocenters. The molecule has 13 heteroatoms. The fourth-order valence-corrected chi connectivity index (χ4v) is 7.37. The zero-order chi connectivity index (χ0) is 35.8. The van der Waals surface area contributed by atoms with E-state index in [0.717, 1.165) is 30.4 Å². The van der Waals surface area contributed by atoms with E-state index >= 15 is 0 Å². The first kappa shape index (κ1) is 36.3. The Hall–Kier alpha value is -4.49. The van der Waals surface area contributed by atoms with Crippen molar-refractivity contribution >= 4 is 29.5 Å². The van der Waals surface area contributed by atoms with Gasteiger partial charge in [0, 0.05) is 25.9 Å². The normalized spacial score (nSPS) is 26.1. The second-order valence-electron chi connectivity index (χ2n) is 14.2. The third kappa shape index (κ3) is 8.88. The first-order chi connectivity index (χ1) is 24.7. The van der Waals surface area contributed by atoms with E-state index in [0.29, 0.717) is 57.7 Å². The summed E-state index contributed by atoms with van der Waals surface area (Å²) in [5.74, 6) is -1.46. The van der Waals surface area contributed by atoms with Gasteiger partial charge in [0.25, 0.3) is 0 Å². The smallest absolute Gasteiger partial charge is 0.245 e. The minimum Gasteiger partial charge on any atom is -0.492 e. The highest BCUT2D eigenvalue weighted by molar-refractivity contribution is 5.98. The van der Waals surface area contributed by atoms with Crippen LogP contribution in [0.15, 0.2) is 54.6 Å². The number of carbonyl (C=O) groups is 5. The number of nitrogens with zero attached hydrogens (tertiary/aromatic N) is 1. The molecule has 7 rings (SSSR count). The van der Waals surface area contributed by atoms with E-state index in [9.17, 15) is 24.0 Å². The summed E-state index contributed by atoms with van der Waals surface area (Å²) in [4.78, 5) is 71.0. The lowest BCUT2D eigenvalue weighted by atomic mass is 9.79. The van der Waals surface area contributed by atoms with Crippen molar-refractivity contribution < 1.29 is 33.4 Å². The summed E-state index contributed by atoms with van der Waals surface area (Å²) in [6.07, 6.45) is 5.61. The molecule has 274 valence electrons. The Morgan fingerprint density at radius 1 is 0.843 bits per heavy atom. The summed E-state index contributed by atoms with van der Waals surface area (Å²) in [5, 5.41) is 14.5. The number of benzene rings is 2. The first-order valence-corrected chi connectivity index (χ1v) is 18.3. The lowest BCUT2D eigenvalue weighted by Gasteiger charge is -2.47. The number of nitrogens with one attached hydrogen (secondary N) is 5. The van der Waals surface area contributed by atoms with Crippen LogP contribution in [0.5, 0.6) is 5.75 Å². The molecule has 51 heavy (non-hydrogen) atoms. The maximum atomic E-state index is 14.3. The molecule has 2 bridgehead atoms. The average Bonchev–Trinajstić information content (AvgIpc) is 3.94. The number of ether oxygens (including phenoxy) is 2. The number of amides is 5. The molecule has 3 fully saturated rings. The van der Waals surface area contributed by atoms with Crippen molar-refractivity contribution in [3.05, 3.63) is 65.7 Å². The van der Waals surface area contributed by atoms with Crippen LogP contribution < -0.4 is 31.3 Å². The zero-order valence-electron chi connectivity index (χ0n) is 29.3. The van der Waals surface area contributed by atoms with Crippen molar-refractivity contribution in [1.82, 2.24) is 31.5 Å². The van der Waals surface area contributed by atoms with Gasteiger partial charge in [0.05, 0.1) is 19.8 Å². The summed E-state index contributed by atoms with van der Waals surface area (Å²) in [6.45, 7) is 4.39. The van der Waals surface area contributed by atoms with Crippen LogP contribution in [0, 0.1) is 0 Å². The second kappa shape index (κ2) is 16.2. The van der Waals surface area contributed by atoms with Crippen molar-refractivity contribution in [1.29, 1.82) is 0 Å². The number of hydrogen-bond acceptors (Lipinski definition) is 8. The molecular formula is C38H50N6O7. The summed E-state index contributed by atoms with van der Waals surface area (Å²) >= 11 is 0. The van der Waals surface area contributed by atoms with Crippen molar-refractivity contribution in [3.63, 3.8) is 0 Å². The minimum atomic E-state index is -1.05. The molecule has 0 radical (unpaired) electrons. The van der Waals surface area contributed by atoms with E-state index in [4.69, 9.17) is 9.47 Å². The Kier molecular flexibility index (Phi) is 11.6. The Morgan fingerprint density at radius 2 is 1.55 bits per heavy atom. The topological polar surface area (TPSA) is 167 Å². The molecule has 3 heterocycles. The quantitative estimate of drug-likeness (QED) is 0.290. The molecule has 2 aromatic rings. The molecule has 5 aliphatic rings. The van der Waals surface area contributed by atoms with Crippen LogP contribution in [-0.4, -0.2) is 103 Å². The van der Waals surface area contributed by atoms with Gasteiger partial charge in [0.15, 0.2) is 0 Å². The minimum absolute atomic E-state index is 0.183. The van der Waals surface area contributed by atoms with Crippen molar-refractivity contribution in [2.45, 2.75) is 93.9 Å². The SMILES string of the molecule is C[C@@H]1NC(=O)[C@@H](NC(=O)C2(N3CCOCC3)CCCCC2)Cc2ccc(cc2)OCCNC(=O)C2(CC2)NC(=O)[C@@H](Cc2ccccc2)NC1=O. The van der Waals surface area contributed by atoms with Gasteiger partial charge in [-0.05, 0) is 55.9 Å². The molecule has 1 saturated heterocycles. The molecule has 3 atom stereocenters. The molecule has 5 N–H and O–H groups in total. The van der Waals surface area contributed by atoms with Crippen molar-refractivity contribution in [3.8, 4) is 5.75 Å².